The maximum atomic E-state index is 9.79. The second kappa shape index (κ2) is 6.75. The summed E-state index contributed by atoms with van der Waals surface area (Å²) in [6, 6.07) is 10.2. The molecule has 2 N–H and O–H groups in total. The summed E-state index contributed by atoms with van der Waals surface area (Å²) < 4.78 is 1.73. The van der Waals surface area contributed by atoms with Crippen LogP contribution in [0.15, 0.2) is 42.9 Å². The molecule has 0 aliphatic heterocycles. The molecule has 2 unspecified atom stereocenters. The van der Waals surface area contributed by atoms with Crippen LogP contribution in [0.4, 0.5) is 5.82 Å². The van der Waals surface area contributed by atoms with Crippen molar-refractivity contribution in [2.75, 3.05) is 11.9 Å². The Labute approximate surface area is 135 Å². The molecule has 23 heavy (non-hydrogen) atoms. The summed E-state index contributed by atoms with van der Waals surface area (Å²) >= 11 is 0. The van der Waals surface area contributed by atoms with E-state index in [1.54, 1.807) is 4.68 Å². The predicted octanol–water partition coefficient (Wildman–Crippen LogP) is 2.33. The lowest BCUT2D eigenvalue weighted by molar-refractivity contribution is 0.175. The van der Waals surface area contributed by atoms with Gasteiger partial charge in [0.1, 0.15) is 12.1 Å². The van der Waals surface area contributed by atoms with E-state index in [1.807, 2.05) is 38.4 Å². The highest BCUT2D eigenvalue weighted by molar-refractivity contribution is 5.85. The van der Waals surface area contributed by atoms with Crippen LogP contribution in [0.3, 0.4) is 0 Å². The zero-order chi connectivity index (χ0) is 16.2. The maximum Gasteiger partial charge on any atom is 0.186 e. The average molecular weight is 311 g/mol. The Morgan fingerprint density at radius 3 is 2.74 bits per heavy atom. The van der Waals surface area contributed by atoms with Gasteiger partial charge in [-0.05, 0) is 18.9 Å². The van der Waals surface area contributed by atoms with Gasteiger partial charge in [-0.3, -0.25) is 4.68 Å². The number of aryl methyl sites for hydroxylation is 1. The van der Waals surface area contributed by atoms with Gasteiger partial charge in [-0.2, -0.15) is 5.10 Å². The van der Waals surface area contributed by atoms with E-state index in [-0.39, 0.29) is 12.0 Å². The monoisotopic (exact) mass is 311 g/mol. The molecule has 0 saturated carbocycles. The molecule has 0 aliphatic rings. The maximum absolute atomic E-state index is 9.79. The Balaban J connectivity index is 1.80. The third kappa shape index (κ3) is 3.65. The van der Waals surface area contributed by atoms with Crippen LogP contribution in [0.1, 0.15) is 24.8 Å². The molecule has 0 aliphatic carbocycles. The number of anilines is 1. The molecule has 3 aromatic rings. The number of nitrogens with zero attached hydrogens (tertiary/aromatic N) is 4. The molecule has 1 aromatic carbocycles. The second-order valence-electron chi connectivity index (χ2n) is 5.84. The van der Waals surface area contributed by atoms with Crippen LogP contribution in [-0.2, 0) is 7.05 Å². The highest BCUT2D eigenvalue weighted by Gasteiger charge is 2.15. The fourth-order valence-electron chi connectivity index (χ4n) is 2.78. The number of benzene rings is 1. The standard InChI is InChI=1S/C17H21N5O/c1-12(23)8-14(13-6-4-3-5-7-13)9-18-16-15-10-22(2)21-17(15)20-11-19-16/h3-7,10-12,14,23H,8-9H2,1-2H3,(H,18,19,20,21). The van der Waals surface area contributed by atoms with E-state index in [1.165, 1.54) is 11.9 Å². The number of aliphatic hydroxyl groups is 1. The summed E-state index contributed by atoms with van der Waals surface area (Å²) in [6.45, 7) is 2.51. The Kier molecular flexibility index (Phi) is 4.52. The number of nitrogens with one attached hydrogen (secondary N) is 1. The predicted molar refractivity (Wildman–Crippen MR) is 90.3 cm³/mol. The molecular weight excluding hydrogens is 290 g/mol. The zero-order valence-corrected chi connectivity index (χ0v) is 13.3. The van der Waals surface area contributed by atoms with Gasteiger partial charge in [-0.15, -0.1) is 0 Å². The van der Waals surface area contributed by atoms with E-state index in [0.29, 0.717) is 18.6 Å². The van der Waals surface area contributed by atoms with Crippen molar-refractivity contribution < 1.29 is 5.11 Å². The summed E-state index contributed by atoms with van der Waals surface area (Å²) in [7, 11) is 1.87. The van der Waals surface area contributed by atoms with Crippen molar-refractivity contribution in [3.63, 3.8) is 0 Å². The number of rotatable bonds is 6. The van der Waals surface area contributed by atoms with E-state index >= 15 is 0 Å². The molecule has 0 spiro atoms. The van der Waals surface area contributed by atoms with Crippen LogP contribution >= 0.6 is 0 Å². The van der Waals surface area contributed by atoms with Gasteiger partial charge in [0.15, 0.2) is 5.65 Å². The lowest BCUT2D eigenvalue weighted by atomic mass is 9.93. The van der Waals surface area contributed by atoms with Crippen molar-refractivity contribution >= 4 is 16.9 Å². The van der Waals surface area contributed by atoms with Crippen molar-refractivity contribution in [3.05, 3.63) is 48.4 Å². The average Bonchev–Trinajstić information content (AvgIpc) is 2.92. The smallest absolute Gasteiger partial charge is 0.186 e. The highest BCUT2D eigenvalue weighted by atomic mass is 16.3. The minimum absolute atomic E-state index is 0.206. The largest absolute Gasteiger partial charge is 0.393 e. The van der Waals surface area contributed by atoms with E-state index < -0.39 is 0 Å². The van der Waals surface area contributed by atoms with Gasteiger partial charge in [0.05, 0.1) is 11.5 Å². The first-order valence-corrected chi connectivity index (χ1v) is 7.74. The first kappa shape index (κ1) is 15.4. The molecule has 6 nitrogen and oxygen atoms in total. The minimum atomic E-state index is -0.356. The lowest BCUT2D eigenvalue weighted by Crippen LogP contribution is -2.18. The third-order valence-corrected chi connectivity index (χ3v) is 3.84. The normalized spacial score (nSPS) is 13.9. The number of hydrogen-bond acceptors (Lipinski definition) is 5. The highest BCUT2D eigenvalue weighted by Crippen LogP contribution is 2.23. The van der Waals surface area contributed by atoms with Crippen LogP contribution in [0, 0.1) is 0 Å². The van der Waals surface area contributed by atoms with Crippen LogP contribution in [0.2, 0.25) is 0 Å². The summed E-state index contributed by atoms with van der Waals surface area (Å²) in [5.41, 5.74) is 1.88. The molecule has 0 amide bonds. The molecule has 3 rings (SSSR count). The van der Waals surface area contributed by atoms with Gasteiger partial charge < -0.3 is 10.4 Å². The van der Waals surface area contributed by atoms with Crippen molar-refractivity contribution in [3.8, 4) is 0 Å². The van der Waals surface area contributed by atoms with E-state index in [2.05, 4.69) is 32.5 Å². The summed E-state index contributed by atoms with van der Waals surface area (Å²) in [5, 5.41) is 18.4. The molecule has 2 heterocycles. The number of hydrogen-bond donors (Lipinski definition) is 2. The number of aromatic nitrogens is 4. The Morgan fingerprint density at radius 2 is 2.00 bits per heavy atom. The van der Waals surface area contributed by atoms with Crippen LogP contribution in [0.5, 0.6) is 0 Å². The molecular formula is C17H21N5O. The molecule has 2 aromatic heterocycles. The summed E-state index contributed by atoms with van der Waals surface area (Å²) in [6.07, 6.45) is 3.76. The summed E-state index contributed by atoms with van der Waals surface area (Å²) in [5.74, 6) is 0.979. The third-order valence-electron chi connectivity index (χ3n) is 3.84. The van der Waals surface area contributed by atoms with Crippen LogP contribution in [0.25, 0.3) is 11.0 Å². The van der Waals surface area contributed by atoms with E-state index in [0.717, 1.165) is 11.2 Å². The van der Waals surface area contributed by atoms with Crippen molar-refractivity contribution in [2.24, 2.45) is 7.05 Å². The van der Waals surface area contributed by atoms with Gasteiger partial charge in [0.2, 0.25) is 0 Å². The Morgan fingerprint density at radius 1 is 1.22 bits per heavy atom. The molecule has 0 saturated heterocycles. The van der Waals surface area contributed by atoms with Gasteiger partial charge >= 0.3 is 0 Å². The van der Waals surface area contributed by atoms with Crippen molar-refractivity contribution in [1.82, 2.24) is 19.7 Å². The van der Waals surface area contributed by atoms with Crippen molar-refractivity contribution in [1.29, 1.82) is 0 Å². The minimum Gasteiger partial charge on any atom is -0.393 e. The fraction of sp³-hybridized carbons (Fsp3) is 0.353. The number of aliphatic hydroxyl groups excluding tert-OH is 1. The summed E-state index contributed by atoms with van der Waals surface area (Å²) in [4.78, 5) is 8.50. The van der Waals surface area contributed by atoms with Crippen LogP contribution < -0.4 is 5.32 Å². The van der Waals surface area contributed by atoms with Crippen molar-refractivity contribution in [2.45, 2.75) is 25.4 Å². The molecule has 0 fully saturated rings. The fourth-order valence-corrected chi connectivity index (χ4v) is 2.78. The molecule has 2 atom stereocenters. The quantitative estimate of drug-likeness (QED) is 0.731. The lowest BCUT2D eigenvalue weighted by Gasteiger charge is -2.20. The van der Waals surface area contributed by atoms with Gasteiger partial charge in [0, 0.05) is 25.7 Å². The Bertz CT molecular complexity index is 769. The molecule has 120 valence electrons. The first-order valence-electron chi connectivity index (χ1n) is 7.74. The van der Waals surface area contributed by atoms with E-state index in [4.69, 9.17) is 0 Å². The molecule has 0 radical (unpaired) electrons. The molecule has 6 heteroatoms. The van der Waals surface area contributed by atoms with Gasteiger partial charge in [-0.1, -0.05) is 30.3 Å². The van der Waals surface area contributed by atoms with Gasteiger partial charge in [-0.25, -0.2) is 9.97 Å². The second-order valence-corrected chi connectivity index (χ2v) is 5.84. The first-order chi connectivity index (χ1) is 11.1. The molecule has 0 bridgehead atoms. The van der Waals surface area contributed by atoms with Gasteiger partial charge in [0.25, 0.3) is 0 Å². The SMILES string of the molecule is CC(O)CC(CNc1ncnc2nn(C)cc12)c1ccccc1. The zero-order valence-electron chi connectivity index (χ0n) is 13.3. The van der Waals surface area contributed by atoms with E-state index in [9.17, 15) is 5.11 Å². The van der Waals surface area contributed by atoms with Crippen LogP contribution in [-0.4, -0.2) is 37.5 Å². The number of fused-ring (bicyclic) bond motifs is 1. The topological polar surface area (TPSA) is 75.9 Å². The Hall–Kier alpha value is -2.47.